The molecule has 0 unspecified atom stereocenters. The molecule has 0 aliphatic rings. The fraction of sp³-hybridized carbons (Fsp3) is 0.692. The summed E-state index contributed by atoms with van der Waals surface area (Å²) in [4.78, 5) is 11.8. The Morgan fingerprint density at radius 2 is 2.06 bits per heavy atom. The maximum Gasteiger partial charge on any atom is 0.139 e. The molecule has 16 heavy (non-hydrogen) atoms. The van der Waals surface area contributed by atoms with Crippen molar-refractivity contribution >= 4 is 5.78 Å². The number of rotatable bonds is 4. The van der Waals surface area contributed by atoms with Crippen molar-refractivity contribution in [3.05, 3.63) is 18.0 Å². The van der Waals surface area contributed by atoms with Crippen LogP contribution in [-0.2, 0) is 11.2 Å². The van der Waals surface area contributed by atoms with E-state index in [9.17, 15) is 4.79 Å². The Kier molecular flexibility index (Phi) is 3.89. The summed E-state index contributed by atoms with van der Waals surface area (Å²) in [5.74, 6) is 0.265. The maximum absolute atomic E-state index is 11.8. The van der Waals surface area contributed by atoms with Gasteiger partial charge in [0.25, 0.3) is 0 Å². The van der Waals surface area contributed by atoms with Gasteiger partial charge in [-0.25, -0.2) is 0 Å². The van der Waals surface area contributed by atoms with Crippen LogP contribution in [0.4, 0.5) is 0 Å². The summed E-state index contributed by atoms with van der Waals surface area (Å²) in [6.45, 7) is 10.4. The van der Waals surface area contributed by atoms with Crippen LogP contribution in [0, 0.1) is 5.41 Å². The lowest BCUT2D eigenvalue weighted by Gasteiger charge is -2.16. The van der Waals surface area contributed by atoms with Crippen LogP contribution in [0.5, 0.6) is 0 Å². The van der Waals surface area contributed by atoms with Gasteiger partial charge in [0, 0.05) is 18.7 Å². The maximum atomic E-state index is 11.8. The van der Waals surface area contributed by atoms with Gasteiger partial charge in [-0.3, -0.25) is 9.48 Å². The van der Waals surface area contributed by atoms with Crippen LogP contribution in [0.25, 0.3) is 0 Å². The fourth-order valence-corrected chi connectivity index (χ4v) is 1.62. The molecule has 1 aromatic heterocycles. The van der Waals surface area contributed by atoms with Gasteiger partial charge >= 0.3 is 0 Å². The smallest absolute Gasteiger partial charge is 0.139 e. The summed E-state index contributed by atoms with van der Waals surface area (Å²) in [6, 6.07) is 2.28. The average molecular weight is 222 g/mol. The minimum Gasteiger partial charge on any atom is -0.299 e. The van der Waals surface area contributed by atoms with Gasteiger partial charge < -0.3 is 0 Å². The lowest BCUT2D eigenvalue weighted by Crippen LogP contribution is -2.15. The highest BCUT2D eigenvalue weighted by molar-refractivity contribution is 5.80. The Hall–Kier alpha value is -1.12. The Morgan fingerprint density at radius 3 is 2.50 bits per heavy atom. The Bertz CT molecular complexity index is 358. The van der Waals surface area contributed by atoms with E-state index in [1.54, 1.807) is 0 Å². The molecule has 90 valence electrons. The van der Waals surface area contributed by atoms with Crippen LogP contribution in [0.3, 0.4) is 0 Å². The van der Waals surface area contributed by atoms with Gasteiger partial charge in [0.1, 0.15) is 5.78 Å². The molecule has 0 aliphatic heterocycles. The summed E-state index contributed by atoms with van der Waals surface area (Å²) in [5.41, 5.74) is 0.945. The molecule has 3 nitrogen and oxygen atoms in total. The monoisotopic (exact) mass is 222 g/mol. The SMILES string of the molecule is CC(C)n1ccc(CC(=O)CC(C)(C)C)n1. The standard InChI is InChI=1S/C13H22N2O/c1-10(2)15-7-6-11(14-15)8-12(16)9-13(3,4)5/h6-7,10H,8-9H2,1-5H3. The molecule has 0 amide bonds. The van der Waals surface area contributed by atoms with Crippen molar-refractivity contribution in [1.29, 1.82) is 0 Å². The largest absolute Gasteiger partial charge is 0.299 e. The highest BCUT2D eigenvalue weighted by atomic mass is 16.1. The summed E-state index contributed by atoms with van der Waals surface area (Å²) < 4.78 is 1.89. The molecule has 0 aliphatic carbocycles. The third-order valence-electron chi connectivity index (χ3n) is 2.30. The van der Waals surface area contributed by atoms with Crippen LogP contribution >= 0.6 is 0 Å². The average Bonchev–Trinajstić information content (AvgIpc) is 2.48. The molecule has 0 aromatic carbocycles. The number of carbonyl (C=O) groups is 1. The van der Waals surface area contributed by atoms with E-state index in [0.717, 1.165) is 5.69 Å². The number of hydrogen-bond acceptors (Lipinski definition) is 2. The molecule has 0 saturated heterocycles. The first-order chi connectivity index (χ1) is 7.28. The van der Waals surface area contributed by atoms with Crippen LogP contribution in [0.1, 0.15) is 52.8 Å². The topological polar surface area (TPSA) is 34.9 Å². The third kappa shape index (κ3) is 4.17. The first-order valence-corrected chi connectivity index (χ1v) is 5.84. The van der Waals surface area contributed by atoms with Crippen molar-refractivity contribution in [1.82, 2.24) is 9.78 Å². The molecule has 0 fully saturated rings. The number of hydrogen-bond donors (Lipinski definition) is 0. The van der Waals surface area contributed by atoms with E-state index in [0.29, 0.717) is 18.9 Å². The van der Waals surface area contributed by atoms with E-state index in [-0.39, 0.29) is 11.2 Å². The van der Waals surface area contributed by atoms with Crippen LogP contribution in [-0.4, -0.2) is 15.6 Å². The molecule has 1 aromatic rings. The zero-order valence-corrected chi connectivity index (χ0v) is 10.9. The second-order valence-corrected chi connectivity index (χ2v) is 5.83. The van der Waals surface area contributed by atoms with Crippen molar-refractivity contribution in [3.8, 4) is 0 Å². The fourth-order valence-electron chi connectivity index (χ4n) is 1.62. The highest BCUT2D eigenvalue weighted by Crippen LogP contribution is 2.19. The molecular weight excluding hydrogens is 200 g/mol. The number of nitrogens with zero attached hydrogens (tertiary/aromatic N) is 2. The van der Waals surface area contributed by atoms with E-state index < -0.39 is 0 Å². The van der Waals surface area contributed by atoms with Crippen molar-refractivity contribution in [2.45, 2.75) is 53.5 Å². The van der Waals surface area contributed by atoms with Gasteiger partial charge in [-0.05, 0) is 25.3 Å². The first-order valence-electron chi connectivity index (χ1n) is 5.84. The minimum absolute atomic E-state index is 0.0672. The minimum atomic E-state index is 0.0672. The van der Waals surface area contributed by atoms with E-state index >= 15 is 0 Å². The van der Waals surface area contributed by atoms with E-state index in [1.165, 1.54) is 0 Å². The van der Waals surface area contributed by atoms with Crippen molar-refractivity contribution in [2.24, 2.45) is 5.41 Å². The van der Waals surface area contributed by atoms with E-state index in [1.807, 2.05) is 16.9 Å². The molecule has 3 heteroatoms. The van der Waals surface area contributed by atoms with Gasteiger partial charge in [0.15, 0.2) is 0 Å². The summed E-state index contributed by atoms with van der Waals surface area (Å²) in [5, 5.41) is 4.38. The zero-order chi connectivity index (χ0) is 12.3. The molecule has 0 bridgehead atoms. The van der Waals surface area contributed by atoms with Gasteiger partial charge in [-0.1, -0.05) is 20.8 Å². The Morgan fingerprint density at radius 1 is 1.44 bits per heavy atom. The van der Waals surface area contributed by atoms with E-state index in [4.69, 9.17) is 0 Å². The van der Waals surface area contributed by atoms with Gasteiger partial charge in [-0.2, -0.15) is 5.10 Å². The Labute approximate surface area is 97.8 Å². The molecule has 0 N–H and O–H groups in total. The van der Waals surface area contributed by atoms with Gasteiger partial charge in [-0.15, -0.1) is 0 Å². The zero-order valence-electron chi connectivity index (χ0n) is 10.9. The van der Waals surface area contributed by atoms with Crippen LogP contribution in [0.15, 0.2) is 12.3 Å². The third-order valence-corrected chi connectivity index (χ3v) is 2.30. The number of carbonyl (C=O) groups excluding carboxylic acids is 1. The van der Waals surface area contributed by atoms with Gasteiger partial charge in [0.2, 0.25) is 0 Å². The number of Topliss-reactive ketones (excluding diaryl/α,β-unsaturated/α-hetero) is 1. The van der Waals surface area contributed by atoms with Crippen molar-refractivity contribution < 1.29 is 4.79 Å². The predicted octanol–water partition coefficient (Wildman–Crippen LogP) is 3.01. The molecule has 1 rings (SSSR count). The molecule has 0 spiro atoms. The lowest BCUT2D eigenvalue weighted by atomic mass is 9.89. The number of ketones is 1. The molecule has 0 atom stereocenters. The van der Waals surface area contributed by atoms with Crippen LogP contribution < -0.4 is 0 Å². The predicted molar refractivity (Wildman–Crippen MR) is 65.4 cm³/mol. The highest BCUT2D eigenvalue weighted by Gasteiger charge is 2.17. The van der Waals surface area contributed by atoms with Gasteiger partial charge in [0.05, 0.1) is 12.1 Å². The van der Waals surface area contributed by atoms with Crippen LogP contribution in [0.2, 0.25) is 0 Å². The Balaban J connectivity index is 2.57. The second-order valence-electron chi connectivity index (χ2n) is 5.83. The summed E-state index contributed by atoms with van der Waals surface area (Å²) >= 11 is 0. The van der Waals surface area contributed by atoms with Crippen molar-refractivity contribution in [2.75, 3.05) is 0 Å². The summed E-state index contributed by atoms with van der Waals surface area (Å²) in [6.07, 6.45) is 3.00. The van der Waals surface area contributed by atoms with Crippen molar-refractivity contribution in [3.63, 3.8) is 0 Å². The summed E-state index contributed by atoms with van der Waals surface area (Å²) in [7, 11) is 0. The number of aromatic nitrogens is 2. The second kappa shape index (κ2) is 4.81. The molecule has 0 saturated carbocycles. The molecular formula is C13H22N2O. The quantitative estimate of drug-likeness (QED) is 0.785. The molecule has 1 heterocycles. The van der Waals surface area contributed by atoms with E-state index in [2.05, 4.69) is 39.7 Å². The first kappa shape index (κ1) is 12.9. The normalized spacial score (nSPS) is 12.1. The molecule has 0 radical (unpaired) electrons. The lowest BCUT2D eigenvalue weighted by molar-refractivity contribution is -0.120.